The number of hydrogen-bond acceptors (Lipinski definition) is 9. The molecule has 1 amide bonds. The fraction of sp³-hybridized carbons (Fsp3) is 0.0741. The SMILES string of the molecule is C[C@@H](OC(=O)c1nn(-c2ccccc2)c(=O)c2ccccc12)C(=O)Nc1nc(-c2cccc([N+](=O)[O-])c2)cs1. The first kappa shape index (κ1) is 25.4. The number of carbonyl (C=O) groups excluding carboxylic acids is 2. The lowest BCUT2D eigenvalue weighted by Crippen LogP contribution is -2.31. The maximum absolute atomic E-state index is 13.1. The molecule has 0 bridgehead atoms. The highest BCUT2D eigenvalue weighted by molar-refractivity contribution is 7.14. The van der Waals surface area contributed by atoms with Gasteiger partial charge < -0.3 is 4.74 Å². The van der Waals surface area contributed by atoms with Crippen LogP contribution < -0.4 is 10.9 Å². The normalized spacial score (nSPS) is 11.6. The summed E-state index contributed by atoms with van der Waals surface area (Å²) in [6.45, 7) is 1.40. The van der Waals surface area contributed by atoms with E-state index in [1.807, 2.05) is 0 Å². The lowest BCUT2D eigenvalue weighted by molar-refractivity contribution is -0.384. The molecule has 5 aromatic rings. The van der Waals surface area contributed by atoms with Crippen LogP contribution in [0.5, 0.6) is 0 Å². The highest BCUT2D eigenvalue weighted by atomic mass is 32.1. The Hall–Kier alpha value is -5.23. The van der Waals surface area contributed by atoms with Crippen molar-refractivity contribution < 1.29 is 19.2 Å². The largest absolute Gasteiger partial charge is 0.448 e. The van der Waals surface area contributed by atoms with Gasteiger partial charge in [0.2, 0.25) is 0 Å². The van der Waals surface area contributed by atoms with Gasteiger partial charge in [-0.2, -0.15) is 9.78 Å². The Kier molecular flexibility index (Phi) is 6.93. The number of esters is 1. The Balaban J connectivity index is 1.35. The zero-order chi connectivity index (χ0) is 27.5. The second-order valence-electron chi connectivity index (χ2n) is 8.33. The topological polar surface area (TPSA) is 146 Å². The van der Waals surface area contributed by atoms with Crippen LogP contribution in [-0.2, 0) is 9.53 Å². The molecule has 1 atom stereocenters. The van der Waals surface area contributed by atoms with Crippen LogP contribution in [0.4, 0.5) is 10.8 Å². The van der Waals surface area contributed by atoms with Crippen molar-refractivity contribution in [2.75, 3.05) is 5.32 Å². The first-order valence-corrected chi connectivity index (χ1v) is 12.5. The van der Waals surface area contributed by atoms with Crippen LogP contribution in [0.3, 0.4) is 0 Å². The van der Waals surface area contributed by atoms with Crippen molar-refractivity contribution in [1.29, 1.82) is 0 Å². The average Bonchev–Trinajstić information content (AvgIpc) is 3.42. The molecule has 1 N–H and O–H groups in total. The van der Waals surface area contributed by atoms with Gasteiger partial charge in [-0.15, -0.1) is 11.3 Å². The lowest BCUT2D eigenvalue weighted by Gasteiger charge is -2.14. The third kappa shape index (κ3) is 5.26. The Morgan fingerprint density at radius 2 is 1.74 bits per heavy atom. The van der Waals surface area contributed by atoms with E-state index < -0.39 is 28.5 Å². The molecular formula is C27H19N5O6S. The summed E-state index contributed by atoms with van der Waals surface area (Å²) in [7, 11) is 0. The van der Waals surface area contributed by atoms with E-state index in [0.29, 0.717) is 22.3 Å². The molecular weight excluding hydrogens is 522 g/mol. The summed E-state index contributed by atoms with van der Waals surface area (Å²) in [6.07, 6.45) is -1.22. The van der Waals surface area contributed by atoms with Gasteiger partial charge in [0.1, 0.15) is 0 Å². The number of nitrogens with zero attached hydrogens (tertiary/aromatic N) is 4. The molecule has 0 fully saturated rings. The molecule has 5 rings (SSSR count). The number of fused-ring (bicyclic) bond motifs is 1. The van der Waals surface area contributed by atoms with E-state index in [9.17, 15) is 24.5 Å². The quantitative estimate of drug-likeness (QED) is 0.179. The summed E-state index contributed by atoms with van der Waals surface area (Å²) in [5.74, 6) is -1.51. The zero-order valence-corrected chi connectivity index (χ0v) is 21.1. The van der Waals surface area contributed by atoms with Crippen LogP contribution in [-0.4, -0.2) is 37.7 Å². The van der Waals surface area contributed by atoms with Crippen molar-refractivity contribution in [2.24, 2.45) is 0 Å². The molecule has 0 aliphatic rings. The number of para-hydroxylation sites is 1. The van der Waals surface area contributed by atoms with Gasteiger partial charge >= 0.3 is 5.97 Å². The summed E-state index contributed by atoms with van der Waals surface area (Å²) in [6, 6.07) is 21.2. The Morgan fingerprint density at radius 1 is 1.03 bits per heavy atom. The number of non-ortho nitro benzene ring substituents is 1. The molecule has 0 unspecified atom stereocenters. The molecule has 0 saturated heterocycles. The van der Waals surface area contributed by atoms with E-state index in [-0.39, 0.29) is 21.9 Å². The van der Waals surface area contributed by atoms with Crippen LogP contribution in [0.2, 0.25) is 0 Å². The standard InChI is InChI=1S/C27H19N5O6S/c1-16(24(33)29-27-28-22(15-39-27)17-8-7-11-19(14-17)32(36)37)38-26(35)23-20-12-5-6-13-21(20)25(34)31(30-23)18-9-3-2-4-10-18/h2-16H,1H3,(H,28,29,33)/t16-/m1/s1. The molecule has 0 radical (unpaired) electrons. The molecule has 11 nitrogen and oxygen atoms in total. The molecule has 194 valence electrons. The van der Waals surface area contributed by atoms with E-state index in [0.717, 1.165) is 16.0 Å². The van der Waals surface area contributed by atoms with E-state index >= 15 is 0 Å². The second-order valence-corrected chi connectivity index (χ2v) is 9.19. The maximum Gasteiger partial charge on any atom is 0.360 e. The number of aromatic nitrogens is 3. The summed E-state index contributed by atoms with van der Waals surface area (Å²) >= 11 is 1.12. The van der Waals surface area contributed by atoms with Gasteiger partial charge in [-0.1, -0.05) is 48.5 Å². The molecule has 0 aliphatic heterocycles. The molecule has 2 heterocycles. The third-order valence-electron chi connectivity index (χ3n) is 5.74. The van der Waals surface area contributed by atoms with Gasteiger partial charge in [0, 0.05) is 28.5 Å². The van der Waals surface area contributed by atoms with Gasteiger partial charge in [-0.3, -0.25) is 25.0 Å². The Labute approximate surface area is 224 Å². The number of amides is 1. The smallest absolute Gasteiger partial charge is 0.360 e. The minimum atomic E-state index is -1.22. The predicted molar refractivity (Wildman–Crippen MR) is 145 cm³/mol. The summed E-state index contributed by atoms with van der Waals surface area (Å²) in [5.41, 5.74) is 0.843. The van der Waals surface area contributed by atoms with Gasteiger partial charge in [-0.05, 0) is 25.1 Å². The van der Waals surface area contributed by atoms with Gasteiger partial charge in [0.15, 0.2) is 16.9 Å². The number of thiazole rings is 1. The minimum Gasteiger partial charge on any atom is -0.448 e. The average molecular weight is 542 g/mol. The number of benzene rings is 3. The maximum atomic E-state index is 13.1. The van der Waals surface area contributed by atoms with Crippen molar-refractivity contribution in [1.82, 2.24) is 14.8 Å². The van der Waals surface area contributed by atoms with Gasteiger partial charge in [0.05, 0.1) is 21.7 Å². The van der Waals surface area contributed by atoms with E-state index in [1.54, 1.807) is 72.1 Å². The number of carbonyl (C=O) groups is 2. The highest BCUT2D eigenvalue weighted by Crippen LogP contribution is 2.27. The van der Waals surface area contributed by atoms with Crippen LogP contribution >= 0.6 is 11.3 Å². The lowest BCUT2D eigenvalue weighted by atomic mass is 10.1. The number of rotatable bonds is 7. The summed E-state index contributed by atoms with van der Waals surface area (Å²) < 4.78 is 6.54. The molecule has 3 aromatic carbocycles. The molecule has 2 aromatic heterocycles. The van der Waals surface area contributed by atoms with Gasteiger partial charge in [-0.25, -0.2) is 9.78 Å². The van der Waals surface area contributed by atoms with Gasteiger partial charge in [0.25, 0.3) is 17.2 Å². The predicted octanol–water partition coefficient (Wildman–Crippen LogP) is 4.60. The molecule has 12 heteroatoms. The van der Waals surface area contributed by atoms with E-state index in [2.05, 4.69) is 15.4 Å². The molecule has 0 aliphatic carbocycles. The number of ether oxygens (including phenoxy) is 1. The van der Waals surface area contributed by atoms with Crippen molar-refractivity contribution in [2.45, 2.75) is 13.0 Å². The fourth-order valence-electron chi connectivity index (χ4n) is 3.80. The van der Waals surface area contributed by atoms with Crippen LogP contribution in [0.1, 0.15) is 17.4 Å². The van der Waals surface area contributed by atoms with E-state index in [1.165, 1.54) is 19.1 Å². The van der Waals surface area contributed by atoms with Crippen molar-refractivity contribution in [3.63, 3.8) is 0 Å². The fourth-order valence-corrected chi connectivity index (χ4v) is 4.53. The number of nitro groups is 1. The van der Waals surface area contributed by atoms with Crippen molar-refractivity contribution in [3.05, 3.63) is 110 Å². The first-order chi connectivity index (χ1) is 18.8. The second kappa shape index (κ2) is 10.6. The number of hydrogen-bond donors (Lipinski definition) is 1. The Bertz CT molecular complexity index is 1780. The number of anilines is 1. The Morgan fingerprint density at radius 3 is 2.49 bits per heavy atom. The third-order valence-corrected chi connectivity index (χ3v) is 6.50. The monoisotopic (exact) mass is 541 g/mol. The van der Waals surface area contributed by atoms with Crippen LogP contribution in [0.25, 0.3) is 27.7 Å². The number of nitrogens with one attached hydrogen (secondary N) is 1. The molecule has 0 saturated carbocycles. The van der Waals surface area contributed by atoms with Crippen LogP contribution in [0.15, 0.2) is 89.0 Å². The van der Waals surface area contributed by atoms with E-state index in [4.69, 9.17) is 4.74 Å². The molecule has 39 heavy (non-hydrogen) atoms. The minimum absolute atomic E-state index is 0.0775. The summed E-state index contributed by atoms with van der Waals surface area (Å²) in [5, 5.41) is 20.4. The summed E-state index contributed by atoms with van der Waals surface area (Å²) in [4.78, 5) is 53.8. The van der Waals surface area contributed by atoms with Crippen LogP contribution in [0, 0.1) is 10.1 Å². The zero-order valence-electron chi connectivity index (χ0n) is 20.3. The molecule has 0 spiro atoms. The highest BCUT2D eigenvalue weighted by Gasteiger charge is 2.24. The first-order valence-electron chi connectivity index (χ1n) is 11.6. The van der Waals surface area contributed by atoms with Crippen molar-refractivity contribution in [3.8, 4) is 16.9 Å². The number of nitro benzene ring substituents is 1. The van der Waals surface area contributed by atoms with Crippen molar-refractivity contribution >= 4 is 44.8 Å².